The van der Waals surface area contributed by atoms with Crippen molar-refractivity contribution in [2.45, 2.75) is 13.0 Å². The molecule has 0 radical (unpaired) electrons. The van der Waals surface area contributed by atoms with Gasteiger partial charge in [-0.25, -0.2) is 0 Å². The molecule has 4 nitrogen and oxygen atoms in total. The van der Waals surface area contributed by atoms with Gasteiger partial charge in [-0.1, -0.05) is 35.3 Å². The third kappa shape index (κ3) is 8.37. The number of rotatable bonds is 11. The molecule has 0 saturated heterocycles. The van der Waals surface area contributed by atoms with Crippen molar-refractivity contribution in [2.24, 2.45) is 0 Å². The first-order chi connectivity index (χ1) is 13.0. The first-order valence-electron chi connectivity index (χ1n) is 8.08. The lowest BCUT2D eigenvalue weighted by Gasteiger charge is -2.12. The van der Waals surface area contributed by atoms with Crippen molar-refractivity contribution < 1.29 is 27.7 Å². The Labute approximate surface area is 166 Å². The molecule has 0 aliphatic carbocycles. The van der Waals surface area contributed by atoms with E-state index in [9.17, 15) is 8.78 Å². The Morgan fingerprint density at radius 1 is 0.852 bits per heavy atom. The number of halogens is 4. The van der Waals surface area contributed by atoms with E-state index < -0.39 is 6.61 Å². The predicted molar refractivity (Wildman–Crippen MR) is 100 cm³/mol. The van der Waals surface area contributed by atoms with Crippen LogP contribution in [0.4, 0.5) is 8.78 Å². The van der Waals surface area contributed by atoms with Crippen LogP contribution >= 0.6 is 23.2 Å². The van der Waals surface area contributed by atoms with E-state index in [0.717, 1.165) is 0 Å². The van der Waals surface area contributed by atoms with Crippen LogP contribution in [0.25, 0.3) is 0 Å². The number of benzene rings is 2. The third-order valence-electron chi connectivity index (χ3n) is 3.19. The average molecular weight is 419 g/mol. The Morgan fingerprint density at radius 2 is 1.44 bits per heavy atom. The van der Waals surface area contributed by atoms with Gasteiger partial charge in [-0.05, 0) is 42.5 Å². The van der Waals surface area contributed by atoms with Crippen LogP contribution in [0.3, 0.4) is 0 Å². The Morgan fingerprint density at radius 3 is 2.07 bits per heavy atom. The molecule has 0 aromatic heterocycles. The number of ether oxygens (including phenoxy) is 4. The molecule has 0 N–H and O–H groups in total. The molecular weight excluding hydrogens is 401 g/mol. The zero-order valence-electron chi connectivity index (χ0n) is 14.2. The number of para-hydroxylation sites is 2. The maximum Gasteiger partial charge on any atom is 0.387 e. The number of hydrogen-bond acceptors (Lipinski definition) is 4. The van der Waals surface area contributed by atoms with E-state index in [1.165, 1.54) is 18.2 Å². The molecule has 0 aliphatic rings. The van der Waals surface area contributed by atoms with Gasteiger partial charge in [0.05, 0.1) is 13.2 Å². The summed E-state index contributed by atoms with van der Waals surface area (Å²) >= 11 is 11.1. The molecule has 146 valence electrons. The Kier molecular flexibility index (Phi) is 9.01. The van der Waals surface area contributed by atoms with E-state index in [-0.39, 0.29) is 16.8 Å². The minimum Gasteiger partial charge on any atom is -0.493 e. The molecule has 8 heteroatoms. The SMILES string of the molecule is FC(F)Oc1ccc(OCCCOc2ccccc2OCC=C(Cl)Cl)cc1. The van der Waals surface area contributed by atoms with Gasteiger partial charge in [0.15, 0.2) is 11.5 Å². The fourth-order valence-electron chi connectivity index (χ4n) is 2.03. The molecule has 0 bridgehead atoms. The van der Waals surface area contributed by atoms with Gasteiger partial charge in [-0.15, -0.1) is 0 Å². The predicted octanol–water partition coefficient (Wildman–Crippen LogP) is 5.83. The van der Waals surface area contributed by atoms with Crippen LogP contribution in [0, 0.1) is 0 Å². The molecule has 0 spiro atoms. The summed E-state index contributed by atoms with van der Waals surface area (Å²) in [5, 5.41) is 0. The van der Waals surface area contributed by atoms with Gasteiger partial charge in [-0.2, -0.15) is 8.78 Å². The van der Waals surface area contributed by atoms with Crippen molar-refractivity contribution in [3.05, 3.63) is 59.1 Å². The number of alkyl halides is 2. The van der Waals surface area contributed by atoms with Gasteiger partial charge >= 0.3 is 6.61 Å². The third-order valence-corrected chi connectivity index (χ3v) is 3.50. The molecule has 2 aromatic carbocycles. The van der Waals surface area contributed by atoms with Crippen molar-refractivity contribution in [1.82, 2.24) is 0 Å². The standard InChI is InChI=1S/C19H18Cl2F2O4/c20-18(21)10-13-26-17-5-2-1-4-16(17)25-12-3-11-24-14-6-8-15(9-7-14)27-19(22)23/h1-2,4-10,19H,3,11-13H2. The Hall–Kier alpha value is -2.18. The molecule has 2 aromatic rings. The van der Waals surface area contributed by atoms with Crippen molar-refractivity contribution >= 4 is 23.2 Å². The van der Waals surface area contributed by atoms with Crippen molar-refractivity contribution in [3.63, 3.8) is 0 Å². The molecule has 2 rings (SSSR count). The fourth-order valence-corrected chi connectivity index (χ4v) is 2.16. The summed E-state index contributed by atoms with van der Waals surface area (Å²) in [7, 11) is 0. The summed E-state index contributed by atoms with van der Waals surface area (Å²) < 4.78 is 45.4. The lowest BCUT2D eigenvalue weighted by Crippen LogP contribution is -2.06. The van der Waals surface area contributed by atoms with E-state index in [0.29, 0.717) is 36.9 Å². The Bertz CT molecular complexity index is 720. The molecule has 0 amide bonds. The van der Waals surface area contributed by atoms with Crippen LogP contribution in [-0.4, -0.2) is 26.4 Å². The van der Waals surface area contributed by atoms with Gasteiger partial charge in [0.2, 0.25) is 0 Å². The summed E-state index contributed by atoms with van der Waals surface area (Å²) in [5.74, 6) is 1.83. The second-order valence-corrected chi connectivity index (χ2v) is 6.16. The zero-order chi connectivity index (χ0) is 19.5. The van der Waals surface area contributed by atoms with Crippen LogP contribution in [0.1, 0.15) is 6.42 Å². The lowest BCUT2D eigenvalue weighted by atomic mass is 10.3. The quantitative estimate of drug-likeness (QED) is 0.430. The largest absolute Gasteiger partial charge is 0.493 e. The molecule has 0 saturated carbocycles. The van der Waals surface area contributed by atoms with Crippen LogP contribution in [0.2, 0.25) is 0 Å². The number of hydrogen-bond donors (Lipinski definition) is 0. The molecule has 0 atom stereocenters. The highest BCUT2D eigenvalue weighted by molar-refractivity contribution is 6.55. The first kappa shape index (κ1) is 21.1. The van der Waals surface area contributed by atoms with Gasteiger partial charge in [-0.3, -0.25) is 0 Å². The monoisotopic (exact) mass is 418 g/mol. The molecule has 0 heterocycles. The molecular formula is C19H18Cl2F2O4. The van der Waals surface area contributed by atoms with Gasteiger partial charge < -0.3 is 18.9 Å². The van der Waals surface area contributed by atoms with Crippen molar-refractivity contribution in [1.29, 1.82) is 0 Å². The summed E-state index contributed by atoms with van der Waals surface area (Å²) in [6.07, 6.45) is 2.16. The average Bonchev–Trinajstić information content (AvgIpc) is 2.63. The summed E-state index contributed by atoms with van der Waals surface area (Å²) in [5.41, 5.74) is 0. The van der Waals surface area contributed by atoms with E-state index in [1.807, 2.05) is 12.1 Å². The Balaban J connectivity index is 1.71. The summed E-state index contributed by atoms with van der Waals surface area (Å²) in [6.45, 7) is -1.79. The second kappa shape index (κ2) is 11.5. The first-order valence-corrected chi connectivity index (χ1v) is 8.83. The minimum atomic E-state index is -2.84. The van der Waals surface area contributed by atoms with E-state index >= 15 is 0 Å². The molecule has 0 aliphatic heterocycles. The normalized spacial score (nSPS) is 10.4. The van der Waals surface area contributed by atoms with Crippen LogP contribution in [-0.2, 0) is 0 Å². The highest BCUT2D eigenvalue weighted by Gasteiger charge is 2.05. The molecule has 0 fully saturated rings. The van der Waals surface area contributed by atoms with E-state index in [4.69, 9.17) is 37.4 Å². The zero-order valence-corrected chi connectivity index (χ0v) is 15.8. The topological polar surface area (TPSA) is 36.9 Å². The lowest BCUT2D eigenvalue weighted by molar-refractivity contribution is -0.0498. The maximum atomic E-state index is 12.1. The van der Waals surface area contributed by atoms with Gasteiger partial charge in [0.1, 0.15) is 22.6 Å². The van der Waals surface area contributed by atoms with Crippen LogP contribution < -0.4 is 18.9 Å². The minimum absolute atomic E-state index is 0.0857. The van der Waals surface area contributed by atoms with Crippen molar-refractivity contribution in [2.75, 3.05) is 19.8 Å². The van der Waals surface area contributed by atoms with Crippen LogP contribution in [0.15, 0.2) is 59.1 Å². The highest BCUT2D eigenvalue weighted by atomic mass is 35.5. The molecule has 0 unspecified atom stereocenters. The molecule has 27 heavy (non-hydrogen) atoms. The van der Waals surface area contributed by atoms with Crippen LogP contribution in [0.5, 0.6) is 23.0 Å². The fraction of sp³-hybridized carbons (Fsp3) is 0.263. The highest BCUT2D eigenvalue weighted by Crippen LogP contribution is 2.27. The second-order valence-electron chi connectivity index (χ2n) is 5.15. The van der Waals surface area contributed by atoms with E-state index in [2.05, 4.69) is 4.74 Å². The van der Waals surface area contributed by atoms with Gasteiger partial charge in [0.25, 0.3) is 0 Å². The van der Waals surface area contributed by atoms with Crippen molar-refractivity contribution in [3.8, 4) is 23.0 Å². The summed E-state index contributed by atoms with van der Waals surface area (Å²) in [6, 6.07) is 13.2. The van der Waals surface area contributed by atoms with E-state index in [1.54, 1.807) is 24.3 Å². The summed E-state index contributed by atoms with van der Waals surface area (Å²) in [4.78, 5) is 0. The maximum absolute atomic E-state index is 12.1. The van der Waals surface area contributed by atoms with Gasteiger partial charge in [0, 0.05) is 6.42 Å². The smallest absolute Gasteiger partial charge is 0.387 e.